The third-order valence-corrected chi connectivity index (χ3v) is 3.66. The third kappa shape index (κ3) is 2.34. The molecule has 5 heteroatoms. The summed E-state index contributed by atoms with van der Waals surface area (Å²) in [6.07, 6.45) is 6.54. The van der Waals surface area contributed by atoms with E-state index in [-0.39, 0.29) is 6.04 Å². The monoisotopic (exact) mass is 233 g/mol. The number of aromatic nitrogens is 2. The molecule has 1 saturated heterocycles. The average molecular weight is 233 g/mol. The van der Waals surface area contributed by atoms with Crippen LogP contribution in [0.3, 0.4) is 0 Å². The number of rotatable bonds is 3. The summed E-state index contributed by atoms with van der Waals surface area (Å²) in [5.74, 6) is 1.94. The van der Waals surface area contributed by atoms with Gasteiger partial charge in [-0.2, -0.15) is 0 Å². The molecule has 3 rings (SSSR count). The molecule has 1 atom stereocenters. The second kappa shape index (κ2) is 4.49. The van der Waals surface area contributed by atoms with E-state index in [4.69, 9.17) is 5.73 Å². The molecule has 92 valence electrons. The van der Waals surface area contributed by atoms with Crippen molar-refractivity contribution in [3.63, 3.8) is 0 Å². The lowest BCUT2D eigenvalue weighted by atomic mass is 9.93. The summed E-state index contributed by atoms with van der Waals surface area (Å²) in [5.41, 5.74) is 5.91. The molecule has 0 spiro atoms. The van der Waals surface area contributed by atoms with Gasteiger partial charge in [0.1, 0.15) is 18.0 Å². The second-order valence-corrected chi connectivity index (χ2v) is 5.03. The van der Waals surface area contributed by atoms with Gasteiger partial charge < -0.3 is 16.0 Å². The van der Waals surface area contributed by atoms with Crippen LogP contribution in [-0.4, -0.2) is 35.1 Å². The first kappa shape index (κ1) is 10.8. The van der Waals surface area contributed by atoms with Gasteiger partial charge in [0.05, 0.1) is 0 Å². The molecule has 3 N–H and O–H groups in total. The average Bonchev–Trinajstić information content (AvgIpc) is 2.71. The molecule has 0 radical (unpaired) electrons. The van der Waals surface area contributed by atoms with Gasteiger partial charge in [-0.25, -0.2) is 9.97 Å². The Balaban J connectivity index is 1.69. The predicted molar refractivity (Wildman–Crippen MR) is 68.1 cm³/mol. The van der Waals surface area contributed by atoms with Gasteiger partial charge in [0.25, 0.3) is 0 Å². The number of hydrogen-bond donors (Lipinski definition) is 2. The fourth-order valence-electron chi connectivity index (χ4n) is 2.36. The highest BCUT2D eigenvalue weighted by atomic mass is 15.2. The van der Waals surface area contributed by atoms with Crippen molar-refractivity contribution in [2.24, 2.45) is 5.73 Å². The van der Waals surface area contributed by atoms with Gasteiger partial charge >= 0.3 is 0 Å². The minimum Gasteiger partial charge on any atom is -0.367 e. The van der Waals surface area contributed by atoms with Gasteiger partial charge in [-0.3, -0.25) is 0 Å². The van der Waals surface area contributed by atoms with Gasteiger partial charge in [0.15, 0.2) is 0 Å². The van der Waals surface area contributed by atoms with Crippen LogP contribution in [0.4, 0.5) is 11.6 Å². The van der Waals surface area contributed by atoms with E-state index >= 15 is 0 Å². The van der Waals surface area contributed by atoms with Crippen LogP contribution in [0.2, 0.25) is 0 Å². The van der Waals surface area contributed by atoms with Gasteiger partial charge in [0, 0.05) is 31.2 Å². The van der Waals surface area contributed by atoms with Crippen LogP contribution in [0.25, 0.3) is 0 Å². The van der Waals surface area contributed by atoms with Crippen LogP contribution in [-0.2, 0) is 0 Å². The Bertz CT molecular complexity index is 390. The largest absolute Gasteiger partial charge is 0.367 e. The number of anilines is 2. The van der Waals surface area contributed by atoms with Crippen molar-refractivity contribution in [2.75, 3.05) is 23.3 Å². The lowest BCUT2D eigenvalue weighted by Gasteiger charge is -2.27. The molecule has 1 saturated carbocycles. The molecule has 0 amide bonds. The highest BCUT2D eigenvalue weighted by Gasteiger charge is 2.21. The molecule has 2 heterocycles. The molecule has 0 bridgehead atoms. The number of nitrogens with one attached hydrogen (secondary N) is 1. The zero-order chi connectivity index (χ0) is 11.7. The van der Waals surface area contributed by atoms with Crippen LogP contribution in [0.15, 0.2) is 12.4 Å². The molecular weight excluding hydrogens is 214 g/mol. The topological polar surface area (TPSA) is 67.1 Å². The Morgan fingerprint density at radius 2 is 2.18 bits per heavy atom. The molecule has 5 nitrogen and oxygen atoms in total. The summed E-state index contributed by atoms with van der Waals surface area (Å²) in [5, 5.41) is 3.44. The van der Waals surface area contributed by atoms with E-state index in [9.17, 15) is 0 Å². The predicted octanol–water partition coefficient (Wildman–Crippen LogP) is 0.978. The minimum atomic E-state index is 0.285. The van der Waals surface area contributed by atoms with Crippen LogP contribution in [0.5, 0.6) is 0 Å². The summed E-state index contributed by atoms with van der Waals surface area (Å²) >= 11 is 0. The van der Waals surface area contributed by atoms with Crippen molar-refractivity contribution in [3.8, 4) is 0 Å². The second-order valence-electron chi connectivity index (χ2n) is 5.03. The quantitative estimate of drug-likeness (QED) is 0.814. The van der Waals surface area contributed by atoms with Crippen molar-refractivity contribution < 1.29 is 0 Å². The smallest absolute Gasteiger partial charge is 0.134 e. The van der Waals surface area contributed by atoms with E-state index in [0.29, 0.717) is 6.04 Å². The molecule has 1 aromatic rings. The first-order valence-electron chi connectivity index (χ1n) is 6.40. The standard InChI is InChI=1S/C12H19N5/c13-9-4-5-17(7-9)12-6-11(14-8-15-12)16-10-2-1-3-10/h6,8-10H,1-5,7,13H2,(H,14,15,16). The fraction of sp³-hybridized carbons (Fsp3) is 0.667. The Labute approximate surface area is 101 Å². The summed E-state index contributed by atoms with van der Waals surface area (Å²) in [6, 6.07) is 2.93. The molecule has 0 aromatic carbocycles. The van der Waals surface area contributed by atoms with Crippen molar-refractivity contribution >= 4 is 11.6 Å². The molecule has 1 aliphatic carbocycles. The SMILES string of the molecule is NC1CCN(c2cc(NC3CCC3)ncn2)C1. The van der Waals surface area contributed by atoms with E-state index < -0.39 is 0 Å². The first-order valence-corrected chi connectivity index (χ1v) is 6.40. The minimum absolute atomic E-state index is 0.285. The summed E-state index contributed by atoms with van der Waals surface area (Å²) in [7, 11) is 0. The maximum Gasteiger partial charge on any atom is 0.134 e. The van der Waals surface area contributed by atoms with Gasteiger partial charge in [-0.05, 0) is 25.7 Å². The Morgan fingerprint density at radius 1 is 1.29 bits per heavy atom. The molecule has 2 aliphatic rings. The zero-order valence-corrected chi connectivity index (χ0v) is 9.97. The molecular formula is C12H19N5. The van der Waals surface area contributed by atoms with Crippen molar-refractivity contribution in [3.05, 3.63) is 12.4 Å². The Morgan fingerprint density at radius 3 is 2.82 bits per heavy atom. The van der Waals surface area contributed by atoms with E-state index in [1.54, 1.807) is 6.33 Å². The maximum atomic E-state index is 5.91. The molecule has 17 heavy (non-hydrogen) atoms. The highest BCUT2D eigenvalue weighted by Crippen LogP contribution is 2.24. The van der Waals surface area contributed by atoms with Gasteiger partial charge in [-0.1, -0.05) is 0 Å². The highest BCUT2D eigenvalue weighted by molar-refractivity contribution is 5.49. The lowest BCUT2D eigenvalue weighted by molar-refractivity contribution is 0.444. The third-order valence-electron chi connectivity index (χ3n) is 3.66. The van der Waals surface area contributed by atoms with Crippen LogP contribution in [0.1, 0.15) is 25.7 Å². The maximum absolute atomic E-state index is 5.91. The number of nitrogens with two attached hydrogens (primary N) is 1. The first-order chi connectivity index (χ1) is 8.31. The molecule has 1 aromatic heterocycles. The Hall–Kier alpha value is -1.36. The van der Waals surface area contributed by atoms with Crippen molar-refractivity contribution in [1.82, 2.24) is 9.97 Å². The van der Waals surface area contributed by atoms with E-state index in [1.165, 1.54) is 19.3 Å². The normalized spacial score (nSPS) is 24.8. The van der Waals surface area contributed by atoms with Gasteiger partial charge in [-0.15, -0.1) is 0 Å². The summed E-state index contributed by atoms with van der Waals surface area (Å²) in [6.45, 7) is 1.90. The summed E-state index contributed by atoms with van der Waals surface area (Å²) < 4.78 is 0. The van der Waals surface area contributed by atoms with E-state index in [2.05, 4.69) is 20.2 Å². The van der Waals surface area contributed by atoms with Crippen LogP contribution < -0.4 is 16.0 Å². The Kier molecular flexibility index (Phi) is 2.84. The van der Waals surface area contributed by atoms with Crippen LogP contribution >= 0.6 is 0 Å². The summed E-state index contributed by atoms with van der Waals surface area (Å²) in [4.78, 5) is 10.8. The fourth-order valence-corrected chi connectivity index (χ4v) is 2.36. The van der Waals surface area contributed by atoms with Crippen molar-refractivity contribution in [2.45, 2.75) is 37.8 Å². The van der Waals surface area contributed by atoms with Crippen molar-refractivity contribution in [1.29, 1.82) is 0 Å². The van der Waals surface area contributed by atoms with Crippen LogP contribution in [0, 0.1) is 0 Å². The molecule has 1 unspecified atom stereocenters. The molecule has 2 fully saturated rings. The zero-order valence-electron chi connectivity index (χ0n) is 9.97. The number of hydrogen-bond acceptors (Lipinski definition) is 5. The molecule has 1 aliphatic heterocycles. The van der Waals surface area contributed by atoms with E-state index in [0.717, 1.165) is 31.1 Å². The number of nitrogens with zero attached hydrogens (tertiary/aromatic N) is 3. The van der Waals surface area contributed by atoms with Gasteiger partial charge in [0.2, 0.25) is 0 Å². The van der Waals surface area contributed by atoms with E-state index in [1.807, 2.05) is 6.07 Å². The lowest BCUT2D eigenvalue weighted by Crippen LogP contribution is -2.29.